The molecule has 0 aliphatic carbocycles. The number of carbonyl (C=O) groups is 1. The maximum Gasteiger partial charge on any atom is 0.224 e. The molecule has 2 atom stereocenters. The summed E-state index contributed by atoms with van der Waals surface area (Å²) in [4.78, 5) is 12.2. The quantitative estimate of drug-likeness (QED) is 0.858. The van der Waals surface area contributed by atoms with E-state index in [9.17, 15) is 14.1 Å². The summed E-state index contributed by atoms with van der Waals surface area (Å²) in [7, 11) is -1.02. The second-order valence-electron chi connectivity index (χ2n) is 5.12. The Morgan fingerprint density at radius 3 is 2.55 bits per heavy atom. The van der Waals surface area contributed by atoms with Crippen LogP contribution >= 0.6 is 0 Å². The molecule has 2 aromatic carbocycles. The van der Waals surface area contributed by atoms with Gasteiger partial charge in [-0.15, -0.1) is 0 Å². The fraction of sp³-hybridized carbons (Fsp3) is 0.235. The lowest BCUT2D eigenvalue weighted by molar-refractivity contribution is -0.121. The SMILES string of the molecule is CS(=O)CC(NC(=O)Cc1cccc(O)c1)c1ccccc1. The van der Waals surface area contributed by atoms with E-state index < -0.39 is 10.8 Å². The van der Waals surface area contributed by atoms with Gasteiger partial charge in [0.15, 0.2) is 0 Å². The first kappa shape index (κ1) is 16.2. The van der Waals surface area contributed by atoms with E-state index in [-0.39, 0.29) is 24.1 Å². The molecular weight excluding hydrogens is 298 g/mol. The van der Waals surface area contributed by atoms with E-state index in [1.807, 2.05) is 30.3 Å². The van der Waals surface area contributed by atoms with E-state index in [0.29, 0.717) is 5.75 Å². The number of nitrogens with one attached hydrogen (secondary N) is 1. The third-order valence-electron chi connectivity index (χ3n) is 3.21. The van der Waals surface area contributed by atoms with Crippen LogP contribution in [0.4, 0.5) is 0 Å². The van der Waals surface area contributed by atoms with Gasteiger partial charge in [-0.05, 0) is 23.3 Å². The van der Waals surface area contributed by atoms with Crippen molar-refractivity contribution in [2.24, 2.45) is 0 Å². The molecule has 22 heavy (non-hydrogen) atoms. The Hall–Kier alpha value is -2.14. The van der Waals surface area contributed by atoms with Gasteiger partial charge in [0.25, 0.3) is 0 Å². The summed E-state index contributed by atoms with van der Waals surface area (Å²) in [6.07, 6.45) is 1.80. The van der Waals surface area contributed by atoms with E-state index in [0.717, 1.165) is 11.1 Å². The summed E-state index contributed by atoms with van der Waals surface area (Å²) in [6.45, 7) is 0. The second-order valence-corrected chi connectivity index (χ2v) is 6.60. The van der Waals surface area contributed by atoms with E-state index in [1.165, 1.54) is 0 Å². The van der Waals surface area contributed by atoms with Gasteiger partial charge in [-0.3, -0.25) is 9.00 Å². The molecule has 0 spiro atoms. The Morgan fingerprint density at radius 2 is 1.91 bits per heavy atom. The summed E-state index contributed by atoms with van der Waals surface area (Å²) >= 11 is 0. The van der Waals surface area contributed by atoms with Crippen molar-refractivity contribution in [1.29, 1.82) is 0 Å². The highest BCUT2D eigenvalue weighted by Gasteiger charge is 2.16. The molecular formula is C17H19NO3S. The van der Waals surface area contributed by atoms with Crippen LogP contribution in [0.15, 0.2) is 54.6 Å². The number of phenols is 1. The van der Waals surface area contributed by atoms with Gasteiger partial charge >= 0.3 is 0 Å². The van der Waals surface area contributed by atoms with Crippen LogP contribution in [0.25, 0.3) is 0 Å². The highest BCUT2D eigenvalue weighted by Crippen LogP contribution is 2.15. The summed E-state index contributed by atoms with van der Waals surface area (Å²) in [5, 5.41) is 12.4. The van der Waals surface area contributed by atoms with Gasteiger partial charge in [0.2, 0.25) is 5.91 Å². The Balaban J connectivity index is 2.06. The molecule has 2 N–H and O–H groups in total. The minimum absolute atomic E-state index is 0.138. The van der Waals surface area contributed by atoms with Crippen LogP contribution in [0.1, 0.15) is 17.2 Å². The third kappa shape index (κ3) is 5.00. The third-order valence-corrected chi connectivity index (χ3v) is 4.02. The van der Waals surface area contributed by atoms with E-state index in [4.69, 9.17) is 0 Å². The zero-order chi connectivity index (χ0) is 15.9. The molecule has 2 aromatic rings. The average Bonchev–Trinajstić information content (AvgIpc) is 2.47. The summed E-state index contributed by atoms with van der Waals surface area (Å²) in [5.41, 5.74) is 1.67. The lowest BCUT2D eigenvalue weighted by Gasteiger charge is -2.18. The summed E-state index contributed by atoms with van der Waals surface area (Å²) in [5.74, 6) is 0.347. The molecule has 4 nitrogen and oxygen atoms in total. The number of hydrogen-bond acceptors (Lipinski definition) is 3. The van der Waals surface area contributed by atoms with Crippen LogP contribution in [-0.2, 0) is 22.0 Å². The van der Waals surface area contributed by atoms with Gasteiger partial charge in [-0.1, -0.05) is 42.5 Å². The molecule has 0 radical (unpaired) electrons. The van der Waals surface area contributed by atoms with E-state index >= 15 is 0 Å². The first-order valence-corrected chi connectivity index (χ1v) is 8.69. The number of benzene rings is 2. The smallest absolute Gasteiger partial charge is 0.224 e. The van der Waals surface area contributed by atoms with Gasteiger partial charge in [-0.25, -0.2) is 0 Å². The van der Waals surface area contributed by atoms with Crippen molar-refractivity contribution in [2.75, 3.05) is 12.0 Å². The molecule has 0 bridgehead atoms. The standard InChI is InChI=1S/C17H19NO3S/c1-22(21)12-16(14-7-3-2-4-8-14)18-17(20)11-13-6-5-9-15(19)10-13/h2-10,16,19H,11-12H2,1H3,(H,18,20). The van der Waals surface area contributed by atoms with Crippen molar-refractivity contribution in [3.63, 3.8) is 0 Å². The number of rotatable bonds is 6. The molecule has 2 unspecified atom stereocenters. The fourth-order valence-electron chi connectivity index (χ4n) is 2.24. The van der Waals surface area contributed by atoms with Gasteiger partial charge in [0.05, 0.1) is 12.5 Å². The average molecular weight is 317 g/mol. The van der Waals surface area contributed by atoms with Crippen molar-refractivity contribution in [2.45, 2.75) is 12.5 Å². The molecule has 0 saturated carbocycles. The molecule has 2 rings (SSSR count). The molecule has 0 aromatic heterocycles. The Morgan fingerprint density at radius 1 is 1.18 bits per heavy atom. The molecule has 0 heterocycles. The molecule has 1 amide bonds. The van der Waals surface area contributed by atoms with E-state index in [1.54, 1.807) is 30.5 Å². The molecule has 116 valence electrons. The van der Waals surface area contributed by atoms with Crippen molar-refractivity contribution >= 4 is 16.7 Å². The number of carbonyl (C=O) groups excluding carboxylic acids is 1. The summed E-state index contributed by atoms with van der Waals surface area (Å²) in [6, 6.07) is 15.8. The zero-order valence-electron chi connectivity index (χ0n) is 12.4. The van der Waals surface area contributed by atoms with Crippen molar-refractivity contribution < 1.29 is 14.1 Å². The van der Waals surface area contributed by atoms with Crippen LogP contribution in [0.2, 0.25) is 0 Å². The normalized spacial score (nSPS) is 13.3. The Bertz CT molecular complexity index is 658. The fourth-order valence-corrected chi connectivity index (χ4v) is 2.98. The Labute approximate surface area is 132 Å². The van der Waals surface area contributed by atoms with Crippen LogP contribution in [0.3, 0.4) is 0 Å². The lowest BCUT2D eigenvalue weighted by Crippen LogP contribution is -2.32. The molecule has 5 heteroatoms. The van der Waals surface area contributed by atoms with Crippen LogP contribution in [0, 0.1) is 0 Å². The van der Waals surface area contributed by atoms with Gasteiger partial charge in [0.1, 0.15) is 5.75 Å². The largest absolute Gasteiger partial charge is 0.508 e. The molecule has 0 saturated heterocycles. The lowest BCUT2D eigenvalue weighted by atomic mass is 10.1. The van der Waals surface area contributed by atoms with Gasteiger partial charge < -0.3 is 10.4 Å². The molecule has 0 aliphatic heterocycles. The van der Waals surface area contributed by atoms with Gasteiger partial charge in [0, 0.05) is 22.8 Å². The topological polar surface area (TPSA) is 66.4 Å². The van der Waals surface area contributed by atoms with Gasteiger partial charge in [-0.2, -0.15) is 0 Å². The van der Waals surface area contributed by atoms with Crippen LogP contribution in [0.5, 0.6) is 5.75 Å². The highest BCUT2D eigenvalue weighted by atomic mass is 32.2. The van der Waals surface area contributed by atoms with E-state index in [2.05, 4.69) is 5.32 Å². The first-order chi connectivity index (χ1) is 10.5. The predicted molar refractivity (Wildman–Crippen MR) is 88.1 cm³/mol. The van der Waals surface area contributed by atoms with Crippen molar-refractivity contribution in [1.82, 2.24) is 5.32 Å². The molecule has 0 aliphatic rings. The first-order valence-electron chi connectivity index (χ1n) is 6.97. The molecule has 0 fully saturated rings. The monoisotopic (exact) mass is 317 g/mol. The van der Waals surface area contributed by atoms with Crippen LogP contribution < -0.4 is 5.32 Å². The van der Waals surface area contributed by atoms with Crippen LogP contribution in [-0.4, -0.2) is 27.2 Å². The minimum atomic E-state index is -1.02. The minimum Gasteiger partial charge on any atom is -0.508 e. The predicted octanol–water partition coefficient (Wildman–Crippen LogP) is 2.17. The number of aromatic hydroxyl groups is 1. The highest BCUT2D eigenvalue weighted by molar-refractivity contribution is 7.84. The maximum atomic E-state index is 12.2. The van der Waals surface area contributed by atoms with Crippen molar-refractivity contribution in [3.8, 4) is 5.75 Å². The zero-order valence-corrected chi connectivity index (χ0v) is 13.2. The number of amides is 1. The maximum absolute atomic E-state index is 12.2. The Kier molecular flexibility index (Phi) is 5.72. The number of phenolic OH excluding ortho intramolecular Hbond substituents is 1. The van der Waals surface area contributed by atoms with Crippen molar-refractivity contribution in [3.05, 3.63) is 65.7 Å². The summed E-state index contributed by atoms with van der Waals surface area (Å²) < 4.78 is 11.5. The number of hydrogen-bond donors (Lipinski definition) is 2. The second kappa shape index (κ2) is 7.75.